The van der Waals surface area contributed by atoms with E-state index in [0.29, 0.717) is 12.2 Å². The molecule has 0 aromatic heterocycles. The van der Waals surface area contributed by atoms with Crippen LogP contribution in [0.4, 0.5) is 0 Å². The third-order valence-electron chi connectivity index (χ3n) is 3.94. The maximum atomic E-state index is 12.1. The van der Waals surface area contributed by atoms with Crippen LogP contribution in [0.3, 0.4) is 0 Å². The number of hydrogen-bond acceptors (Lipinski definition) is 3. The highest BCUT2D eigenvalue weighted by molar-refractivity contribution is 7.99. The predicted molar refractivity (Wildman–Crippen MR) is 87.8 cm³/mol. The monoisotopic (exact) mass is 327 g/mol. The lowest BCUT2D eigenvalue weighted by atomic mass is 9.82. The van der Waals surface area contributed by atoms with Gasteiger partial charge in [0.2, 0.25) is 5.91 Å². The van der Waals surface area contributed by atoms with Gasteiger partial charge in [0, 0.05) is 17.1 Å². The average Bonchev–Trinajstić information content (AvgIpc) is 2.50. The van der Waals surface area contributed by atoms with Crippen LogP contribution < -0.4 is 5.32 Å². The molecule has 0 spiro atoms. The van der Waals surface area contributed by atoms with Gasteiger partial charge in [0.15, 0.2) is 0 Å². The zero-order valence-corrected chi connectivity index (χ0v) is 13.7. The van der Waals surface area contributed by atoms with Gasteiger partial charge in [-0.1, -0.05) is 43.0 Å². The molecular weight excluding hydrogens is 306 g/mol. The number of nitrogens with one attached hydrogen (secondary N) is 1. The van der Waals surface area contributed by atoms with Gasteiger partial charge in [-0.3, -0.25) is 4.79 Å². The van der Waals surface area contributed by atoms with Crippen LogP contribution in [0.25, 0.3) is 0 Å². The second-order valence-electron chi connectivity index (χ2n) is 5.58. The SMILES string of the molecule is O=C(CCSc1ccccc1Cl)NC1(CO)CCCCC1. The molecule has 0 aliphatic heterocycles. The molecule has 2 rings (SSSR count). The van der Waals surface area contributed by atoms with Crippen molar-refractivity contribution in [3.05, 3.63) is 29.3 Å². The fraction of sp³-hybridized carbons (Fsp3) is 0.562. The number of halogens is 1. The predicted octanol–water partition coefficient (Wildman–Crippen LogP) is 3.63. The molecule has 116 valence electrons. The van der Waals surface area contributed by atoms with Gasteiger partial charge in [-0.25, -0.2) is 0 Å². The largest absolute Gasteiger partial charge is 0.394 e. The molecule has 0 unspecified atom stereocenters. The van der Waals surface area contributed by atoms with Crippen molar-refractivity contribution in [1.29, 1.82) is 0 Å². The number of aliphatic hydroxyl groups excluding tert-OH is 1. The van der Waals surface area contributed by atoms with E-state index in [1.165, 1.54) is 6.42 Å². The van der Waals surface area contributed by atoms with Gasteiger partial charge in [-0.2, -0.15) is 0 Å². The smallest absolute Gasteiger partial charge is 0.221 e. The zero-order valence-electron chi connectivity index (χ0n) is 12.1. The molecule has 0 saturated heterocycles. The Hall–Kier alpha value is -0.710. The molecule has 1 amide bonds. The van der Waals surface area contributed by atoms with Crippen molar-refractivity contribution in [3.8, 4) is 0 Å². The van der Waals surface area contributed by atoms with Gasteiger partial charge in [-0.15, -0.1) is 11.8 Å². The summed E-state index contributed by atoms with van der Waals surface area (Å²) in [6.45, 7) is 0.0381. The average molecular weight is 328 g/mol. The topological polar surface area (TPSA) is 49.3 Å². The number of benzene rings is 1. The molecule has 1 saturated carbocycles. The zero-order chi connectivity index (χ0) is 15.1. The first-order valence-corrected chi connectivity index (χ1v) is 8.81. The molecule has 3 nitrogen and oxygen atoms in total. The highest BCUT2D eigenvalue weighted by Gasteiger charge is 2.32. The summed E-state index contributed by atoms with van der Waals surface area (Å²) in [5, 5.41) is 13.4. The maximum absolute atomic E-state index is 12.1. The Labute approximate surface area is 135 Å². The summed E-state index contributed by atoms with van der Waals surface area (Å²) in [5.41, 5.74) is -0.385. The van der Waals surface area contributed by atoms with Crippen molar-refractivity contribution in [1.82, 2.24) is 5.32 Å². The Morgan fingerprint density at radius 3 is 2.67 bits per heavy atom. The summed E-state index contributed by atoms with van der Waals surface area (Å²) in [7, 11) is 0. The Kier molecular flexibility index (Phi) is 6.40. The van der Waals surface area contributed by atoms with E-state index in [4.69, 9.17) is 11.6 Å². The van der Waals surface area contributed by atoms with Gasteiger partial charge in [0.1, 0.15) is 0 Å². The minimum atomic E-state index is -0.385. The van der Waals surface area contributed by atoms with E-state index in [1.807, 2.05) is 24.3 Å². The molecule has 1 aliphatic rings. The third-order valence-corrected chi connectivity index (χ3v) is 5.46. The van der Waals surface area contributed by atoms with Crippen LogP contribution in [0.1, 0.15) is 38.5 Å². The highest BCUT2D eigenvalue weighted by Crippen LogP contribution is 2.29. The van der Waals surface area contributed by atoms with Crippen molar-refractivity contribution >= 4 is 29.3 Å². The lowest BCUT2D eigenvalue weighted by Gasteiger charge is -2.36. The Morgan fingerprint density at radius 2 is 2.00 bits per heavy atom. The van der Waals surface area contributed by atoms with E-state index < -0.39 is 0 Å². The second-order valence-corrected chi connectivity index (χ2v) is 7.12. The van der Waals surface area contributed by atoms with E-state index in [2.05, 4.69) is 5.32 Å². The van der Waals surface area contributed by atoms with Gasteiger partial charge in [0.25, 0.3) is 0 Å². The number of thioether (sulfide) groups is 1. The van der Waals surface area contributed by atoms with Crippen molar-refractivity contribution in [2.24, 2.45) is 0 Å². The summed E-state index contributed by atoms with van der Waals surface area (Å²) in [6.07, 6.45) is 5.56. The normalized spacial score (nSPS) is 17.4. The minimum absolute atomic E-state index is 0.0190. The van der Waals surface area contributed by atoms with Gasteiger partial charge >= 0.3 is 0 Å². The standard InChI is InChI=1S/C16H22ClNO2S/c17-13-6-2-3-7-14(13)21-11-8-15(20)18-16(12-19)9-4-1-5-10-16/h2-3,6-7,19H,1,4-5,8-12H2,(H,18,20). The molecule has 1 fully saturated rings. The third kappa shape index (κ3) is 4.90. The Bertz CT molecular complexity index is 475. The summed E-state index contributed by atoms with van der Waals surface area (Å²) in [6, 6.07) is 7.65. The molecule has 1 aromatic rings. The Balaban J connectivity index is 1.78. The van der Waals surface area contributed by atoms with E-state index in [0.717, 1.165) is 35.6 Å². The van der Waals surface area contributed by atoms with Gasteiger partial charge < -0.3 is 10.4 Å². The summed E-state index contributed by atoms with van der Waals surface area (Å²) < 4.78 is 0. The van der Waals surface area contributed by atoms with Crippen molar-refractivity contribution in [2.75, 3.05) is 12.4 Å². The van der Waals surface area contributed by atoms with Crippen LogP contribution >= 0.6 is 23.4 Å². The van der Waals surface area contributed by atoms with E-state index in [1.54, 1.807) is 11.8 Å². The van der Waals surface area contributed by atoms with E-state index >= 15 is 0 Å². The number of amides is 1. The number of hydrogen-bond donors (Lipinski definition) is 2. The summed E-state index contributed by atoms with van der Waals surface area (Å²) in [5.74, 6) is 0.711. The molecule has 0 bridgehead atoms. The van der Waals surface area contributed by atoms with Crippen molar-refractivity contribution in [3.63, 3.8) is 0 Å². The number of aliphatic hydroxyl groups is 1. The molecule has 0 heterocycles. The molecule has 5 heteroatoms. The Morgan fingerprint density at radius 1 is 1.29 bits per heavy atom. The number of carbonyl (C=O) groups is 1. The first-order chi connectivity index (χ1) is 10.2. The molecule has 0 radical (unpaired) electrons. The van der Waals surface area contributed by atoms with Crippen LogP contribution in [0.2, 0.25) is 5.02 Å². The number of rotatable bonds is 6. The van der Waals surface area contributed by atoms with Gasteiger partial charge in [-0.05, 0) is 25.0 Å². The summed E-state index contributed by atoms with van der Waals surface area (Å²) >= 11 is 7.67. The van der Waals surface area contributed by atoms with Crippen LogP contribution in [0.5, 0.6) is 0 Å². The van der Waals surface area contributed by atoms with Crippen LogP contribution in [-0.4, -0.2) is 28.9 Å². The molecule has 2 N–H and O–H groups in total. The fourth-order valence-electron chi connectivity index (χ4n) is 2.72. The molecular formula is C16H22ClNO2S. The fourth-order valence-corrected chi connectivity index (χ4v) is 3.91. The van der Waals surface area contributed by atoms with Crippen molar-refractivity contribution < 1.29 is 9.90 Å². The molecule has 1 aliphatic carbocycles. The summed E-state index contributed by atoms with van der Waals surface area (Å²) in [4.78, 5) is 13.1. The first-order valence-electron chi connectivity index (χ1n) is 7.44. The molecule has 21 heavy (non-hydrogen) atoms. The maximum Gasteiger partial charge on any atom is 0.221 e. The van der Waals surface area contributed by atoms with Gasteiger partial charge in [0.05, 0.1) is 17.2 Å². The highest BCUT2D eigenvalue weighted by atomic mass is 35.5. The second kappa shape index (κ2) is 8.06. The lowest BCUT2D eigenvalue weighted by Crippen LogP contribution is -2.52. The minimum Gasteiger partial charge on any atom is -0.394 e. The molecule has 1 aromatic carbocycles. The van der Waals surface area contributed by atoms with Crippen LogP contribution in [-0.2, 0) is 4.79 Å². The quantitative estimate of drug-likeness (QED) is 0.784. The lowest BCUT2D eigenvalue weighted by molar-refractivity contribution is -0.123. The number of carbonyl (C=O) groups excluding carboxylic acids is 1. The van der Waals surface area contributed by atoms with Crippen LogP contribution in [0.15, 0.2) is 29.2 Å². The van der Waals surface area contributed by atoms with Crippen LogP contribution in [0, 0.1) is 0 Å². The molecule has 0 atom stereocenters. The first kappa shape index (κ1) is 16.7. The van der Waals surface area contributed by atoms with E-state index in [9.17, 15) is 9.90 Å². The van der Waals surface area contributed by atoms with E-state index in [-0.39, 0.29) is 18.1 Å². The van der Waals surface area contributed by atoms with Crippen molar-refractivity contribution in [2.45, 2.75) is 49.0 Å².